The molecule has 0 aliphatic rings. The zero-order chi connectivity index (χ0) is 16.1. The molecule has 2 heterocycles. The van der Waals surface area contributed by atoms with Crippen LogP contribution in [0, 0.1) is 6.92 Å². The van der Waals surface area contributed by atoms with Gasteiger partial charge in [-0.05, 0) is 37.3 Å². The third-order valence-corrected chi connectivity index (χ3v) is 4.44. The number of anilines is 2. The molecule has 1 N–H and O–H groups in total. The first-order valence-corrected chi connectivity index (χ1v) is 7.88. The van der Waals surface area contributed by atoms with Crippen LogP contribution in [0.25, 0.3) is 32.6 Å². The van der Waals surface area contributed by atoms with Gasteiger partial charge in [-0.3, -0.25) is 0 Å². The number of aromatic nitrogens is 3. The number of pyridine rings is 1. The quantitative estimate of drug-likeness (QED) is 0.475. The summed E-state index contributed by atoms with van der Waals surface area (Å²) in [6.07, 6.45) is 3.52. The molecule has 5 aromatic rings. The lowest BCUT2D eigenvalue weighted by molar-refractivity contribution is 1.26. The predicted octanol–water partition coefficient (Wildman–Crippen LogP) is 4.82. The van der Waals surface area contributed by atoms with Crippen molar-refractivity contribution < 1.29 is 0 Å². The van der Waals surface area contributed by atoms with E-state index in [1.165, 1.54) is 5.56 Å². The van der Waals surface area contributed by atoms with Crippen LogP contribution in [-0.4, -0.2) is 15.0 Å². The predicted molar refractivity (Wildman–Crippen MR) is 98.0 cm³/mol. The molecule has 5 rings (SSSR count). The van der Waals surface area contributed by atoms with Crippen LogP contribution >= 0.6 is 0 Å². The minimum absolute atomic E-state index is 0.851. The van der Waals surface area contributed by atoms with E-state index in [0.29, 0.717) is 0 Å². The highest BCUT2D eigenvalue weighted by Gasteiger charge is 2.13. The number of hydrogen-bond donors (Lipinski definition) is 1. The van der Waals surface area contributed by atoms with Gasteiger partial charge < -0.3 is 5.32 Å². The number of rotatable bonds is 2. The molecule has 3 aromatic carbocycles. The summed E-state index contributed by atoms with van der Waals surface area (Å²) in [4.78, 5) is 13.4. The number of benzene rings is 3. The Morgan fingerprint density at radius 3 is 2.29 bits per heavy atom. The molecule has 4 nitrogen and oxygen atoms in total. The van der Waals surface area contributed by atoms with E-state index in [1.807, 2.05) is 18.3 Å². The van der Waals surface area contributed by atoms with Crippen LogP contribution in [0.5, 0.6) is 0 Å². The molecule has 0 aliphatic heterocycles. The van der Waals surface area contributed by atoms with Crippen molar-refractivity contribution in [3.8, 4) is 0 Å². The van der Waals surface area contributed by atoms with Crippen LogP contribution in [-0.2, 0) is 0 Å². The average molecular weight is 310 g/mol. The highest BCUT2D eigenvalue weighted by atomic mass is 15.0. The zero-order valence-corrected chi connectivity index (χ0v) is 13.1. The largest absolute Gasteiger partial charge is 0.340 e. The lowest BCUT2D eigenvalue weighted by Crippen LogP contribution is -1.97. The minimum Gasteiger partial charge on any atom is -0.340 e. The zero-order valence-electron chi connectivity index (χ0n) is 13.1. The third kappa shape index (κ3) is 1.90. The van der Waals surface area contributed by atoms with Crippen LogP contribution in [0.2, 0.25) is 0 Å². The van der Waals surface area contributed by atoms with Gasteiger partial charge in [0, 0.05) is 33.4 Å². The Hall–Kier alpha value is -3.27. The number of nitrogens with zero attached hydrogens (tertiary/aromatic N) is 3. The molecule has 0 unspecified atom stereocenters. The molecule has 0 fully saturated rings. The van der Waals surface area contributed by atoms with Gasteiger partial charge in [-0.25, -0.2) is 15.0 Å². The van der Waals surface area contributed by atoms with Crippen LogP contribution in [0.4, 0.5) is 11.5 Å². The standard InChI is InChI=1S/C20H14N4/c1-12-2-5-14(6-3-12)24-20-15-7-9-17-19-16(22-11-23-17)8-4-13(10-21-20)18(15)19/h2-11H,1H3,(H,21,24). The van der Waals surface area contributed by atoms with Gasteiger partial charge in [0.25, 0.3) is 0 Å². The molecular weight excluding hydrogens is 296 g/mol. The van der Waals surface area contributed by atoms with Crippen LogP contribution < -0.4 is 5.32 Å². The summed E-state index contributed by atoms with van der Waals surface area (Å²) < 4.78 is 0. The smallest absolute Gasteiger partial charge is 0.138 e. The Morgan fingerprint density at radius 2 is 1.50 bits per heavy atom. The molecule has 0 aliphatic carbocycles. The molecule has 114 valence electrons. The van der Waals surface area contributed by atoms with E-state index >= 15 is 0 Å². The molecule has 0 saturated heterocycles. The first-order valence-electron chi connectivity index (χ1n) is 7.88. The summed E-state index contributed by atoms with van der Waals surface area (Å²) in [6.45, 7) is 2.08. The Balaban J connectivity index is 1.79. The third-order valence-electron chi connectivity index (χ3n) is 4.44. The lowest BCUT2D eigenvalue weighted by atomic mass is 10.0. The average Bonchev–Trinajstić information content (AvgIpc) is 2.63. The van der Waals surface area contributed by atoms with Crippen molar-refractivity contribution >= 4 is 44.1 Å². The van der Waals surface area contributed by atoms with Gasteiger partial charge in [0.2, 0.25) is 0 Å². The summed E-state index contributed by atoms with van der Waals surface area (Å²) in [5.41, 5.74) is 4.19. The van der Waals surface area contributed by atoms with Gasteiger partial charge in [0.05, 0.1) is 11.0 Å². The van der Waals surface area contributed by atoms with Crippen LogP contribution in [0.1, 0.15) is 5.56 Å². The Bertz CT molecular complexity index is 1160. The molecule has 24 heavy (non-hydrogen) atoms. The highest BCUT2D eigenvalue weighted by molar-refractivity contribution is 6.23. The summed E-state index contributed by atoms with van der Waals surface area (Å²) in [7, 11) is 0. The van der Waals surface area contributed by atoms with E-state index in [-0.39, 0.29) is 0 Å². The van der Waals surface area contributed by atoms with E-state index < -0.39 is 0 Å². The van der Waals surface area contributed by atoms with E-state index in [1.54, 1.807) is 6.33 Å². The molecule has 0 saturated carbocycles. The summed E-state index contributed by atoms with van der Waals surface area (Å²) >= 11 is 0. The lowest BCUT2D eigenvalue weighted by Gasteiger charge is -2.13. The fourth-order valence-corrected chi connectivity index (χ4v) is 3.24. The van der Waals surface area contributed by atoms with Crippen molar-refractivity contribution in [3.63, 3.8) is 0 Å². The van der Waals surface area contributed by atoms with Crippen LogP contribution in [0.15, 0.2) is 61.1 Å². The fraction of sp³-hybridized carbons (Fsp3) is 0.0500. The molecule has 4 heteroatoms. The van der Waals surface area contributed by atoms with Gasteiger partial charge in [0.15, 0.2) is 0 Å². The Labute approximate surface area is 138 Å². The molecule has 2 aromatic heterocycles. The molecule has 0 amide bonds. The molecule has 0 bridgehead atoms. The molecule has 0 radical (unpaired) electrons. The first-order chi connectivity index (χ1) is 11.8. The van der Waals surface area contributed by atoms with E-state index in [4.69, 9.17) is 0 Å². The summed E-state index contributed by atoms with van der Waals surface area (Å²) in [5, 5.41) is 7.88. The topological polar surface area (TPSA) is 50.7 Å². The normalized spacial score (nSPS) is 11.5. The van der Waals surface area contributed by atoms with Crippen LogP contribution in [0.3, 0.4) is 0 Å². The molecular formula is C20H14N4. The van der Waals surface area contributed by atoms with Gasteiger partial charge in [-0.2, -0.15) is 0 Å². The fourth-order valence-electron chi connectivity index (χ4n) is 3.24. The maximum absolute atomic E-state index is 4.63. The second kappa shape index (κ2) is 4.86. The number of aryl methyl sites for hydroxylation is 1. The Morgan fingerprint density at radius 1 is 0.750 bits per heavy atom. The second-order valence-corrected chi connectivity index (χ2v) is 6.03. The maximum Gasteiger partial charge on any atom is 0.138 e. The Kier molecular flexibility index (Phi) is 2.67. The van der Waals surface area contributed by atoms with Gasteiger partial charge >= 0.3 is 0 Å². The van der Waals surface area contributed by atoms with E-state index in [0.717, 1.165) is 44.1 Å². The first kappa shape index (κ1) is 13.2. The maximum atomic E-state index is 4.63. The molecule has 0 atom stereocenters. The highest BCUT2D eigenvalue weighted by Crippen LogP contribution is 2.35. The SMILES string of the molecule is Cc1ccc(Nc2ncc3ccc4ncnc5ccc2c3c45)cc1. The van der Waals surface area contributed by atoms with Crippen molar-refractivity contribution in [3.05, 3.63) is 66.6 Å². The van der Waals surface area contributed by atoms with E-state index in [2.05, 4.69) is 63.6 Å². The number of nitrogens with one attached hydrogen (secondary N) is 1. The monoisotopic (exact) mass is 310 g/mol. The van der Waals surface area contributed by atoms with Gasteiger partial charge in [-0.1, -0.05) is 23.8 Å². The summed E-state index contributed by atoms with van der Waals surface area (Å²) in [5.74, 6) is 0.851. The van der Waals surface area contributed by atoms with Crippen molar-refractivity contribution in [1.82, 2.24) is 15.0 Å². The molecule has 0 spiro atoms. The van der Waals surface area contributed by atoms with Crippen molar-refractivity contribution in [2.45, 2.75) is 6.92 Å². The minimum atomic E-state index is 0.851. The number of hydrogen-bond acceptors (Lipinski definition) is 4. The van der Waals surface area contributed by atoms with E-state index in [9.17, 15) is 0 Å². The van der Waals surface area contributed by atoms with Gasteiger partial charge in [-0.15, -0.1) is 0 Å². The van der Waals surface area contributed by atoms with Crippen molar-refractivity contribution in [1.29, 1.82) is 0 Å². The van der Waals surface area contributed by atoms with Gasteiger partial charge in [0.1, 0.15) is 12.1 Å². The van der Waals surface area contributed by atoms with Crippen molar-refractivity contribution in [2.75, 3.05) is 5.32 Å². The second-order valence-electron chi connectivity index (χ2n) is 6.03. The summed E-state index contributed by atoms with van der Waals surface area (Å²) in [6, 6.07) is 16.5. The van der Waals surface area contributed by atoms with Crippen molar-refractivity contribution in [2.24, 2.45) is 0 Å².